The maximum atomic E-state index is 9.95. The van der Waals surface area contributed by atoms with Crippen LogP contribution >= 0.6 is 11.8 Å². The van der Waals surface area contributed by atoms with E-state index in [4.69, 9.17) is 4.74 Å². The second kappa shape index (κ2) is 5.42. The summed E-state index contributed by atoms with van der Waals surface area (Å²) in [6, 6.07) is 3.99. The molecule has 0 heterocycles. The Morgan fingerprint density at radius 3 is 2.47 bits per heavy atom. The summed E-state index contributed by atoms with van der Waals surface area (Å²) in [7, 11) is 1.64. The van der Waals surface area contributed by atoms with Crippen LogP contribution in [0, 0.1) is 13.8 Å². The molecule has 2 nitrogen and oxygen atoms in total. The number of aryl methyl sites for hydroxylation is 2. The Morgan fingerprint density at radius 2 is 1.93 bits per heavy atom. The molecule has 0 saturated heterocycles. The van der Waals surface area contributed by atoms with E-state index in [1.807, 2.05) is 32.2 Å². The molecule has 84 valence electrons. The van der Waals surface area contributed by atoms with Crippen molar-refractivity contribution in [2.24, 2.45) is 0 Å². The molecule has 1 rings (SSSR count). The summed E-state index contributed by atoms with van der Waals surface area (Å²) in [5.41, 5.74) is 3.26. The van der Waals surface area contributed by atoms with E-state index in [2.05, 4.69) is 0 Å². The lowest BCUT2D eigenvalue weighted by molar-refractivity contribution is 0.199. The van der Waals surface area contributed by atoms with Crippen molar-refractivity contribution in [3.63, 3.8) is 0 Å². The molecule has 1 unspecified atom stereocenters. The fraction of sp³-hybridized carbons (Fsp3) is 0.500. The lowest BCUT2D eigenvalue weighted by atomic mass is 10.0. The van der Waals surface area contributed by atoms with Gasteiger partial charge in [0.2, 0.25) is 0 Å². The van der Waals surface area contributed by atoms with Crippen LogP contribution in [0.25, 0.3) is 0 Å². The molecule has 0 aromatic heterocycles. The molecular weight excluding hydrogens is 208 g/mol. The zero-order valence-electron chi connectivity index (χ0n) is 9.70. The van der Waals surface area contributed by atoms with Gasteiger partial charge in [-0.2, -0.15) is 11.8 Å². The predicted octanol–water partition coefficient (Wildman–Crippen LogP) is 2.71. The number of hydrogen-bond donors (Lipinski definition) is 1. The molecule has 15 heavy (non-hydrogen) atoms. The number of methoxy groups -OCH3 is 1. The molecule has 0 aliphatic rings. The third-order valence-electron chi connectivity index (χ3n) is 2.53. The molecule has 1 atom stereocenters. The number of thioether (sulfide) groups is 1. The summed E-state index contributed by atoms with van der Waals surface area (Å²) in [5, 5.41) is 9.95. The first-order valence-corrected chi connectivity index (χ1v) is 6.31. The molecule has 0 fully saturated rings. The maximum Gasteiger partial charge on any atom is 0.124 e. The van der Waals surface area contributed by atoms with Gasteiger partial charge >= 0.3 is 0 Å². The minimum absolute atomic E-state index is 0.450. The van der Waals surface area contributed by atoms with Crippen LogP contribution in [0.3, 0.4) is 0 Å². The maximum absolute atomic E-state index is 9.95. The van der Waals surface area contributed by atoms with Gasteiger partial charge in [0.15, 0.2) is 0 Å². The van der Waals surface area contributed by atoms with Crippen LogP contribution in [0.1, 0.15) is 22.8 Å². The van der Waals surface area contributed by atoms with Gasteiger partial charge in [-0.15, -0.1) is 0 Å². The molecule has 0 spiro atoms. The Hall–Kier alpha value is -0.670. The number of aliphatic hydroxyl groups excluding tert-OH is 1. The van der Waals surface area contributed by atoms with Crippen molar-refractivity contribution in [1.29, 1.82) is 0 Å². The summed E-state index contributed by atoms with van der Waals surface area (Å²) in [6.07, 6.45) is 1.53. The first-order chi connectivity index (χ1) is 7.10. The molecule has 0 aliphatic heterocycles. The standard InChI is InChI=1S/C12H18O2S/c1-8-5-10(11(13)7-15-4)12(14-3)6-9(8)2/h5-6,11,13H,7H2,1-4H3. The van der Waals surface area contributed by atoms with Gasteiger partial charge in [-0.05, 0) is 43.4 Å². The topological polar surface area (TPSA) is 29.5 Å². The van der Waals surface area contributed by atoms with E-state index in [-0.39, 0.29) is 0 Å². The van der Waals surface area contributed by atoms with Crippen LogP contribution in [0.4, 0.5) is 0 Å². The lowest BCUT2D eigenvalue weighted by Gasteiger charge is -2.16. The minimum Gasteiger partial charge on any atom is -0.496 e. The number of ether oxygens (including phenoxy) is 1. The van der Waals surface area contributed by atoms with Crippen LogP contribution in [-0.2, 0) is 0 Å². The fourth-order valence-corrected chi connectivity index (χ4v) is 1.99. The van der Waals surface area contributed by atoms with Crippen molar-refractivity contribution in [3.05, 3.63) is 28.8 Å². The lowest BCUT2D eigenvalue weighted by Crippen LogP contribution is -2.04. The van der Waals surface area contributed by atoms with E-state index >= 15 is 0 Å². The van der Waals surface area contributed by atoms with Crippen LogP contribution in [-0.4, -0.2) is 24.2 Å². The highest BCUT2D eigenvalue weighted by molar-refractivity contribution is 7.98. The van der Waals surface area contributed by atoms with Crippen LogP contribution in [0.15, 0.2) is 12.1 Å². The summed E-state index contributed by atoms with van der Waals surface area (Å²) in [6.45, 7) is 4.09. The van der Waals surface area contributed by atoms with Crippen molar-refractivity contribution < 1.29 is 9.84 Å². The normalized spacial score (nSPS) is 12.6. The Bertz CT molecular complexity index is 337. The average Bonchev–Trinajstić information content (AvgIpc) is 2.21. The van der Waals surface area contributed by atoms with Gasteiger partial charge in [-0.25, -0.2) is 0 Å². The highest BCUT2D eigenvalue weighted by atomic mass is 32.2. The fourth-order valence-electron chi connectivity index (χ4n) is 1.50. The molecule has 0 radical (unpaired) electrons. The number of benzene rings is 1. The molecule has 0 saturated carbocycles. The summed E-state index contributed by atoms with van der Waals surface area (Å²) >= 11 is 1.63. The number of hydrogen-bond acceptors (Lipinski definition) is 3. The molecule has 0 amide bonds. The zero-order valence-corrected chi connectivity index (χ0v) is 10.5. The largest absolute Gasteiger partial charge is 0.496 e. The van der Waals surface area contributed by atoms with Crippen molar-refractivity contribution in [2.45, 2.75) is 20.0 Å². The second-order valence-corrected chi connectivity index (χ2v) is 4.56. The monoisotopic (exact) mass is 226 g/mol. The molecule has 1 aromatic rings. The minimum atomic E-state index is -0.450. The third-order valence-corrected chi connectivity index (χ3v) is 3.18. The van der Waals surface area contributed by atoms with E-state index in [9.17, 15) is 5.11 Å². The molecule has 0 aliphatic carbocycles. The Morgan fingerprint density at radius 1 is 1.33 bits per heavy atom. The van der Waals surface area contributed by atoms with E-state index < -0.39 is 6.10 Å². The molecule has 1 N–H and O–H groups in total. The van der Waals surface area contributed by atoms with Gasteiger partial charge in [-0.3, -0.25) is 0 Å². The summed E-state index contributed by atoms with van der Waals surface area (Å²) < 4.78 is 5.28. The van der Waals surface area contributed by atoms with Crippen molar-refractivity contribution in [2.75, 3.05) is 19.1 Å². The van der Waals surface area contributed by atoms with E-state index in [1.54, 1.807) is 18.9 Å². The van der Waals surface area contributed by atoms with Crippen LogP contribution in [0.2, 0.25) is 0 Å². The summed E-state index contributed by atoms with van der Waals surface area (Å²) in [4.78, 5) is 0. The quantitative estimate of drug-likeness (QED) is 0.856. The highest BCUT2D eigenvalue weighted by Gasteiger charge is 2.13. The Kier molecular flexibility index (Phi) is 4.48. The second-order valence-electron chi connectivity index (χ2n) is 3.65. The Labute approximate surface area is 95.7 Å². The smallest absolute Gasteiger partial charge is 0.124 e. The van der Waals surface area contributed by atoms with Gasteiger partial charge in [0.05, 0.1) is 13.2 Å². The highest BCUT2D eigenvalue weighted by Crippen LogP contribution is 2.29. The third kappa shape index (κ3) is 2.89. The summed E-state index contributed by atoms with van der Waals surface area (Å²) in [5.74, 6) is 1.47. The molecular formula is C12H18O2S. The average molecular weight is 226 g/mol. The molecule has 3 heteroatoms. The molecule has 0 bridgehead atoms. The SMILES string of the molecule is COc1cc(C)c(C)cc1C(O)CSC. The van der Waals surface area contributed by atoms with Crippen molar-refractivity contribution >= 4 is 11.8 Å². The Balaban J connectivity index is 3.09. The van der Waals surface area contributed by atoms with Gasteiger partial charge in [0.25, 0.3) is 0 Å². The first-order valence-electron chi connectivity index (χ1n) is 4.92. The molecule has 1 aromatic carbocycles. The van der Waals surface area contributed by atoms with E-state index in [1.165, 1.54) is 11.1 Å². The van der Waals surface area contributed by atoms with Crippen molar-refractivity contribution in [1.82, 2.24) is 0 Å². The van der Waals surface area contributed by atoms with E-state index in [0.29, 0.717) is 5.75 Å². The first kappa shape index (κ1) is 12.4. The van der Waals surface area contributed by atoms with E-state index in [0.717, 1.165) is 11.3 Å². The zero-order chi connectivity index (χ0) is 11.4. The van der Waals surface area contributed by atoms with Crippen molar-refractivity contribution in [3.8, 4) is 5.75 Å². The van der Waals surface area contributed by atoms with Crippen LogP contribution in [0.5, 0.6) is 5.75 Å². The van der Waals surface area contributed by atoms with Gasteiger partial charge in [0.1, 0.15) is 5.75 Å². The van der Waals surface area contributed by atoms with Crippen LogP contribution < -0.4 is 4.74 Å². The number of aliphatic hydroxyl groups is 1. The van der Waals surface area contributed by atoms with Gasteiger partial charge in [-0.1, -0.05) is 0 Å². The van der Waals surface area contributed by atoms with Gasteiger partial charge in [0, 0.05) is 11.3 Å². The van der Waals surface area contributed by atoms with Gasteiger partial charge < -0.3 is 9.84 Å². The number of rotatable bonds is 4. The predicted molar refractivity (Wildman–Crippen MR) is 65.8 cm³/mol.